The zero-order chi connectivity index (χ0) is 8.85. The third-order valence-electron chi connectivity index (χ3n) is 1.85. The third kappa shape index (κ3) is 4.09. The highest BCUT2D eigenvalue weighted by Gasteiger charge is 2.17. The number of hydrogen-bond donors (Lipinski definition) is 1. The van der Waals surface area contributed by atoms with Crippen LogP contribution in [-0.2, 0) is 4.79 Å². The van der Waals surface area contributed by atoms with Crippen LogP contribution < -0.4 is 0 Å². The highest BCUT2D eigenvalue weighted by molar-refractivity contribution is 5.78. The van der Waals surface area contributed by atoms with Crippen LogP contribution in [0.4, 0.5) is 4.39 Å². The normalized spacial score (nSPS) is 16.0. The number of halogens is 1. The van der Waals surface area contributed by atoms with E-state index < -0.39 is 12.8 Å². The summed E-state index contributed by atoms with van der Waals surface area (Å²) in [6.07, 6.45) is 0.0269. The number of carbonyl (C=O) groups is 1. The second-order valence-electron chi connectivity index (χ2n) is 2.80. The van der Waals surface area contributed by atoms with Crippen molar-refractivity contribution >= 4 is 5.78 Å². The lowest BCUT2D eigenvalue weighted by molar-refractivity contribution is -0.123. The fourth-order valence-corrected chi connectivity index (χ4v) is 0.807. The largest absolute Gasteiger partial charge is 0.392 e. The van der Waals surface area contributed by atoms with Crippen LogP contribution >= 0.6 is 0 Å². The molecule has 0 bridgehead atoms. The van der Waals surface area contributed by atoms with Gasteiger partial charge in [0.2, 0.25) is 0 Å². The van der Waals surface area contributed by atoms with Gasteiger partial charge in [0, 0.05) is 5.92 Å². The van der Waals surface area contributed by atoms with Gasteiger partial charge in [-0.15, -0.1) is 0 Å². The van der Waals surface area contributed by atoms with E-state index in [2.05, 4.69) is 0 Å². The lowest BCUT2D eigenvalue weighted by Gasteiger charge is -2.14. The zero-order valence-corrected chi connectivity index (χ0v) is 7.01. The maximum atomic E-state index is 11.6. The predicted molar refractivity (Wildman–Crippen MR) is 41.1 cm³/mol. The molecule has 0 radical (unpaired) electrons. The Kier molecular flexibility index (Phi) is 5.03. The maximum Gasteiger partial charge on any atom is 0.135 e. The van der Waals surface area contributed by atoms with Crippen molar-refractivity contribution in [3.63, 3.8) is 0 Å². The summed E-state index contributed by atoms with van der Waals surface area (Å²) in [5.41, 5.74) is 0. The molecule has 0 amide bonds. The molecule has 0 spiro atoms. The van der Waals surface area contributed by atoms with E-state index in [-0.39, 0.29) is 11.7 Å². The summed E-state index contributed by atoms with van der Waals surface area (Å²) in [7, 11) is 0. The van der Waals surface area contributed by atoms with Gasteiger partial charge in [-0.1, -0.05) is 6.92 Å². The molecule has 0 aromatic carbocycles. The first kappa shape index (κ1) is 10.6. The van der Waals surface area contributed by atoms with E-state index in [1.165, 1.54) is 6.92 Å². The Morgan fingerprint density at radius 3 is 2.55 bits per heavy atom. The first-order valence-corrected chi connectivity index (χ1v) is 3.84. The molecule has 2 unspecified atom stereocenters. The average Bonchev–Trinajstić information content (AvgIpc) is 1.98. The summed E-state index contributed by atoms with van der Waals surface area (Å²) in [6.45, 7) is 2.66. The number of carbonyl (C=O) groups excluding carboxylic acids is 1. The lowest BCUT2D eigenvalue weighted by Crippen LogP contribution is -2.23. The first-order chi connectivity index (χ1) is 5.09. The van der Waals surface area contributed by atoms with Crippen molar-refractivity contribution in [1.29, 1.82) is 0 Å². The maximum absolute atomic E-state index is 11.6. The molecule has 11 heavy (non-hydrogen) atoms. The number of hydrogen-bond acceptors (Lipinski definition) is 2. The molecule has 0 fully saturated rings. The highest BCUT2D eigenvalue weighted by Crippen LogP contribution is 2.09. The number of aliphatic hydroxyl groups excluding tert-OH is 1. The number of alkyl halides is 1. The van der Waals surface area contributed by atoms with Crippen LogP contribution in [-0.4, -0.2) is 23.7 Å². The Morgan fingerprint density at radius 2 is 2.18 bits per heavy atom. The molecule has 0 aliphatic rings. The summed E-state index contributed by atoms with van der Waals surface area (Å²) in [5, 5.41) is 9.23. The fraction of sp³-hybridized carbons (Fsp3) is 0.875. The molecule has 3 heteroatoms. The smallest absolute Gasteiger partial charge is 0.135 e. The van der Waals surface area contributed by atoms with E-state index >= 15 is 0 Å². The molecular formula is C8H15FO2. The molecule has 0 saturated heterocycles. The van der Waals surface area contributed by atoms with Gasteiger partial charge in [-0.05, 0) is 19.8 Å². The molecule has 2 nitrogen and oxygen atoms in total. The quantitative estimate of drug-likeness (QED) is 0.662. The van der Waals surface area contributed by atoms with E-state index in [4.69, 9.17) is 0 Å². The number of aliphatic hydroxyl groups is 1. The SMILES string of the molecule is CC(=O)C(C)C(O)CCCF. The number of ketones is 1. The van der Waals surface area contributed by atoms with E-state index in [0.29, 0.717) is 12.8 Å². The van der Waals surface area contributed by atoms with Gasteiger partial charge in [-0.2, -0.15) is 0 Å². The molecule has 0 saturated carbocycles. The Labute approximate surface area is 66.4 Å². The Bertz CT molecular complexity index is 125. The van der Waals surface area contributed by atoms with Gasteiger partial charge in [0.15, 0.2) is 0 Å². The van der Waals surface area contributed by atoms with Crippen LogP contribution in [0.5, 0.6) is 0 Å². The third-order valence-corrected chi connectivity index (χ3v) is 1.85. The molecular weight excluding hydrogens is 147 g/mol. The zero-order valence-electron chi connectivity index (χ0n) is 7.01. The van der Waals surface area contributed by atoms with Crippen molar-refractivity contribution in [2.75, 3.05) is 6.67 Å². The minimum atomic E-state index is -0.678. The summed E-state index contributed by atoms with van der Waals surface area (Å²) < 4.78 is 11.6. The van der Waals surface area contributed by atoms with Crippen LogP contribution in [0.2, 0.25) is 0 Å². The average molecular weight is 162 g/mol. The molecule has 0 rings (SSSR count). The molecule has 0 aromatic rings. The van der Waals surface area contributed by atoms with E-state index in [9.17, 15) is 14.3 Å². The van der Waals surface area contributed by atoms with Crippen LogP contribution in [0.15, 0.2) is 0 Å². The molecule has 2 atom stereocenters. The molecule has 0 aromatic heterocycles. The molecule has 0 aliphatic heterocycles. The summed E-state index contributed by atoms with van der Waals surface area (Å²) in [6, 6.07) is 0. The Morgan fingerprint density at radius 1 is 1.64 bits per heavy atom. The fourth-order valence-electron chi connectivity index (χ4n) is 0.807. The standard InChI is InChI=1S/C8H15FO2/c1-6(7(2)10)8(11)4-3-5-9/h6,8,11H,3-5H2,1-2H3. The highest BCUT2D eigenvalue weighted by atomic mass is 19.1. The topological polar surface area (TPSA) is 37.3 Å². The first-order valence-electron chi connectivity index (χ1n) is 3.84. The van der Waals surface area contributed by atoms with Gasteiger partial charge in [0.05, 0.1) is 12.8 Å². The molecule has 66 valence electrons. The van der Waals surface area contributed by atoms with Crippen molar-refractivity contribution in [2.45, 2.75) is 32.8 Å². The predicted octanol–water partition coefficient (Wildman–Crippen LogP) is 1.32. The lowest BCUT2D eigenvalue weighted by atomic mass is 9.97. The van der Waals surface area contributed by atoms with Gasteiger partial charge in [-0.3, -0.25) is 9.18 Å². The summed E-state index contributed by atoms with van der Waals surface area (Å²) in [5.74, 6) is -0.405. The monoisotopic (exact) mass is 162 g/mol. The van der Waals surface area contributed by atoms with Gasteiger partial charge in [-0.25, -0.2) is 0 Å². The van der Waals surface area contributed by atoms with E-state index in [1.807, 2.05) is 0 Å². The van der Waals surface area contributed by atoms with Gasteiger partial charge >= 0.3 is 0 Å². The van der Waals surface area contributed by atoms with E-state index in [1.54, 1.807) is 6.92 Å². The van der Waals surface area contributed by atoms with Crippen molar-refractivity contribution in [3.8, 4) is 0 Å². The number of rotatable bonds is 5. The second kappa shape index (κ2) is 5.24. The van der Waals surface area contributed by atoms with Crippen molar-refractivity contribution in [1.82, 2.24) is 0 Å². The Balaban J connectivity index is 3.63. The minimum absolute atomic E-state index is 0.0450. The molecule has 0 aliphatic carbocycles. The van der Waals surface area contributed by atoms with Crippen LogP contribution in [0, 0.1) is 5.92 Å². The van der Waals surface area contributed by atoms with Crippen molar-refractivity contribution in [3.05, 3.63) is 0 Å². The van der Waals surface area contributed by atoms with Gasteiger partial charge in [0.1, 0.15) is 5.78 Å². The Hall–Kier alpha value is -0.440. The number of Topliss-reactive ketones (excluding diaryl/α,β-unsaturated/α-hetero) is 1. The van der Waals surface area contributed by atoms with Crippen molar-refractivity contribution in [2.24, 2.45) is 5.92 Å². The van der Waals surface area contributed by atoms with Gasteiger partial charge in [0.25, 0.3) is 0 Å². The van der Waals surface area contributed by atoms with Crippen LogP contribution in [0.25, 0.3) is 0 Å². The molecule has 0 heterocycles. The molecule has 1 N–H and O–H groups in total. The minimum Gasteiger partial charge on any atom is -0.392 e. The summed E-state index contributed by atoms with van der Waals surface area (Å²) in [4.78, 5) is 10.7. The van der Waals surface area contributed by atoms with Crippen molar-refractivity contribution < 1.29 is 14.3 Å². The second-order valence-corrected chi connectivity index (χ2v) is 2.80. The van der Waals surface area contributed by atoms with Crippen LogP contribution in [0.3, 0.4) is 0 Å². The summed E-state index contributed by atoms with van der Waals surface area (Å²) >= 11 is 0. The van der Waals surface area contributed by atoms with Crippen LogP contribution in [0.1, 0.15) is 26.7 Å². The van der Waals surface area contributed by atoms with Gasteiger partial charge < -0.3 is 5.11 Å². The van der Waals surface area contributed by atoms with E-state index in [0.717, 1.165) is 0 Å².